The quantitative estimate of drug-likeness (QED) is 0.299. The third-order valence-electron chi connectivity index (χ3n) is 0. The van der Waals surface area contributed by atoms with Gasteiger partial charge in [0.1, 0.15) is 0 Å². The largest absolute Gasteiger partial charge is 2.00 e. The van der Waals surface area contributed by atoms with E-state index in [1.54, 1.807) is 0 Å². The SMILES string of the molecule is [C-]#N.[CH-]=C.[CH-]=C.[Cu+2].[Li+]. The molecule has 0 aliphatic heterocycles. The Kier molecular flexibility index (Phi) is 185000. The molecule has 0 aromatic heterocycles. The Morgan fingerprint density at radius 2 is 1.00 bits per heavy atom. The molecule has 1 radical (unpaired) electrons. The van der Waals surface area contributed by atoms with Crippen molar-refractivity contribution in [3.8, 4) is 0 Å². The van der Waals surface area contributed by atoms with Crippen molar-refractivity contribution >= 4 is 0 Å². The predicted molar refractivity (Wildman–Crippen MR) is 24.8 cm³/mol. The first-order valence-corrected chi connectivity index (χ1v) is 1.04. The monoisotopic (exact) mass is 150 g/mol. The van der Waals surface area contributed by atoms with Gasteiger partial charge in [-0.25, -0.2) is 0 Å². The molecule has 0 saturated carbocycles. The van der Waals surface area contributed by atoms with Gasteiger partial charge in [0.2, 0.25) is 0 Å². The molecule has 0 heterocycles. The van der Waals surface area contributed by atoms with Crippen LogP contribution < -0.4 is 18.9 Å². The standard InChI is InChI=1S/2C2H3.CN.Cu.Li/c3*1-2;;/h2*1H,2H2;;;/q3*-1;+2;+1. The zero-order valence-corrected chi connectivity index (χ0v) is 5.76. The minimum atomic E-state index is 0. The normalized spacial score (nSPS) is 1.25. The van der Waals surface area contributed by atoms with Gasteiger partial charge < -0.3 is 25.0 Å². The summed E-state index contributed by atoms with van der Waals surface area (Å²) in [6, 6.07) is 0. The minimum absolute atomic E-state index is 0. The molecule has 0 bridgehead atoms. The van der Waals surface area contributed by atoms with Crippen LogP contribution >= 0.6 is 0 Å². The average molecular weight is 151 g/mol. The Bertz CT molecular complexity index is 28.9. The van der Waals surface area contributed by atoms with Gasteiger partial charge in [-0.2, -0.15) is 0 Å². The van der Waals surface area contributed by atoms with E-state index in [1.165, 1.54) is 0 Å². The molecule has 0 rings (SSSR count). The molecule has 3 heteroatoms. The summed E-state index contributed by atoms with van der Waals surface area (Å²) >= 11 is 0. The molecule has 0 amide bonds. The van der Waals surface area contributed by atoms with Gasteiger partial charge in [0.25, 0.3) is 0 Å². The van der Waals surface area contributed by atoms with Gasteiger partial charge in [-0.3, -0.25) is 13.2 Å². The van der Waals surface area contributed by atoms with E-state index in [9.17, 15) is 0 Å². The Labute approximate surface area is 74.1 Å². The Morgan fingerprint density at radius 3 is 1.00 bits per heavy atom. The summed E-state index contributed by atoms with van der Waals surface area (Å²) in [5.74, 6) is 0. The maximum atomic E-state index is 6.25. The van der Waals surface area contributed by atoms with Crippen molar-refractivity contribution in [2.45, 2.75) is 0 Å². The fourth-order valence-corrected chi connectivity index (χ4v) is 0. The minimum Gasteiger partial charge on any atom is -0.521 e. The Balaban J connectivity index is -0.00000000500. The van der Waals surface area contributed by atoms with E-state index in [0.29, 0.717) is 0 Å². The first-order chi connectivity index (χ1) is 3.00. The van der Waals surface area contributed by atoms with Gasteiger partial charge in [0, 0.05) is 0 Å². The van der Waals surface area contributed by atoms with Crippen LogP contribution in [0.4, 0.5) is 0 Å². The van der Waals surface area contributed by atoms with Crippen molar-refractivity contribution in [1.82, 2.24) is 0 Å². The molecule has 8 heavy (non-hydrogen) atoms. The fourth-order valence-electron chi connectivity index (χ4n) is 0. The van der Waals surface area contributed by atoms with Crippen molar-refractivity contribution in [2.24, 2.45) is 0 Å². The van der Waals surface area contributed by atoms with Crippen LogP contribution in [-0.4, -0.2) is 0 Å². The average Bonchev–Trinajstić information content (AvgIpc) is 1.81. The summed E-state index contributed by atoms with van der Waals surface area (Å²) in [4.78, 5) is 0. The van der Waals surface area contributed by atoms with Crippen molar-refractivity contribution in [3.63, 3.8) is 0 Å². The molecule has 0 aromatic carbocycles. The maximum absolute atomic E-state index is 6.25. The smallest absolute Gasteiger partial charge is 0.521 e. The third-order valence-corrected chi connectivity index (χ3v) is 0. The summed E-state index contributed by atoms with van der Waals surface area (Å²) in [6.45, 7) is 18.8. The van der Waals surface area contributed by atoms with Crippen LogP contribution in [0.2, 0.25) is 0 Å². The first-order valence-electron chi connectivity index (χ1n) is 1.04. The van der Waals surface area contributed by atoms with E-state index >= 15 is 0 Å². The molecule has 0 aliphatic rings. The van der Waals surface area contributed by atoms with Crippen LogP contribution in [0.3, 0.4) is 0 Å². The molecule has 43 valence electrons. The summed E-state index contributed by atoms with van der Waals surface area (Å²) in [6.07, 6.45) is 0. The Morgan fingerprint density at radius 1 is 1.00 bits per heavy atom. The Hall–Kier alpha value is 0.0869. The van der Waals surface area contributed by atoms with Crippen LogP contribution in [0, 0.1) is 25.0 Å². The van der Waals surface area contributed by atoms with E-state index in [4.69, 9.17) is 11.8 Å². The zero-order valence-electron chi connectivity index (χ0n) is 4.82. The van der Waals surface area contributed by atoms with Gasteiger partial charge in [0.15, 0.2) is 0 Å². The van der Waals surface area contributed by atoms with Crippen LogP contribution in [0.1, 0.15) is 0 Å². The van der Waals surface area contributed by atoms with Gasteiger partial charge in [-0.15, -0.1) is 0 Å². The van der Waals surface area contributed by atoms with Crippen LogP contribution in [-0.2, 0) is 17.1 Å². The second-order valence-corrected chi connectivity index (χ2v) is 0. The van der Waals surface area contributed by atoms with Crippen molar-refractivity contribution in [3.05, 3.63) is 32.9 Å². The summed E-state index contributed by atoms with van der Waals surface area (Å²) in [7, 11) is 0. The molecular weight excluding hydrogens is 145 g/mol. The molecule has 0 unspecified atom stereocenters. The van der Waals surface area contributed by atoms with E-state index < -0.39 is 0 Å². The third kappa shape index (κ3) is 20900. The summed E-state index contributed by atoms with van der Waals surface area (Å²) in [5, 5.41) is 6.25. The van der Waals surface area contributed by atoms with Gasteiger partial charge in [-0.1, -0.05) is 0 Å². The zero-order chi connectivity index (χ0) is 6.00. The van der Waals surface area contributed by atoms with Crippen LogP contribution in [0.5, 0.6) is 0 Å². The second kappa shape index (κ2) is 34800. The number of hydrogen-bond acceptors (Lipinski definition) is 1. The van der Waals surface area contributed by atoms with Crippen molar-refractivity contribution in [2.75, 3.05) is 0 Å². The van der Waals surface area contributed by atoms with E-state index in [0.717, 1.165) is 0 Å². The van der Waals surface area contributed by atoms with Crippen molar-refractivity contribution in [1.29, 1.82) is 5.26 Å². The van der Waals surface area contributed by atoms with Crippen molar-refractivity contribution < 1.29 is 35.9 Å². The molecule has 0 N–H and O–H groups in total. The molecule has 0 aromatic rings. The van der Waals surface area contributed by atoms with Crippen LogP contribution in [0.15, 0.2) is 13.2 Å². The maximum Gasteiger partial charge on any atom is 2.00 e. The van der Waals surface area contributed by atoms with E-state index in [2.05, 4.69) is 26.3 Å². The summed E-state index contributed by atoms with van der Waals surface area (Å²) < 4.78 is 0. The molecule has 0 spiro atoms. The molecule has 0 aliphatic carbocycles. The molecule has 0 atom stereocenters. The van der Waals surface area contributed by atoms with E-state index in [1.807, 2.05) is 0 Å². The number of hydrogen-bond donors (Lipinski definition) is 0. The number of nitrogens with zero attached hydrogens (tertiary/aromatic N) is 1. The molecular formula is C5H6CuLiN. The summed E-state index contributed by atoms with van der Waals surface area (Å²) in [5.41, 5.74) is 0. The molecule has 1 nitrogen and oxygen atoms in total. The molecule has 0 saturated heterocycles. The van der Waals surface area contributed by atoms with Crippen LogP contribution in [0.25, 0.3) is 0 Å². The fraction of sp³-hybridized carbons (Fsp3) is 0. The van der Waals surface area contributed by atoms with Gasteiger partial charge in [0.05, 0.1) is 0 Å². The molecule has 0 fully saturated rings. The first kappa shape index (κ1) is 42.6. The van der Waals surface area contributed by atoms with Gasteiger partial charge >= 0.3 is 35.9 Å². The topological polar surface area (TPSA) is 23.8 Å². The number of rotatable bonds is 0. The predicted octanol–water partition coefficient (Wildman–Crippen LogP) is -1.69. The second-order valence-electron chi connectivity index (χ2n) is 0. The van der Waals surface area contributed by atoms with E-state index in [-0.39, 0.29) is 35.9 Å². The van der Waals surface area contributed by atoms with Gasteiger partial charge in [-0.05, 0) is 0 Å².